The SMILES string of the molecule is COc1cc(Nc2nc(N)c(C(=O)c3c(C)cc(C)cc3C)s2)cc(OC)c1. The van der Waals surface area contributed by atoms with Crippen LogP contribution in [0.2, 0.25) is 0 Å². The lowest BCUT2D eigenvalue weighted by atomic mass is 9.96. The molecule has 0 radical (unpaired) electrons. The van der Waals surface area contributed by atoms with Gasteiger partial charge < -0.3 is 20.5 Å². The summed E-state index contributed by atoms with van der Waals surface area (Å²) in [5.41, 5.74) is 10.5. The van der Waals surface area contributed by atoms with Gasteiger partial charge in [-0.1, -0.05) is 29.0 Å². The van der Waals surface area contributed by atoms with Crippen LogP contribution in [0.4, 0.5) is 16.6 Å². The van der Waals surface area contributed by atoms with E-state index in [-0.39, 0.29) is 11.6 Å². The van der Waals surface area contributed by atoms with Crippen LogP contribution in [0, 0.1) is 20.8 Å². The van der Waals surface area contributed by atoms with Gasteiger partial charge in [-0.25, -0.2) is 4.98 Å². The highest BCUT2D eigenvalue weighted by molar-refractivity contribution is 7.18. The van der Waals surface area contributed by atoms with E-state index in [2.05, 4.69) is 10.3 Å². The Kier molecular flexibility index (Phi) is 5.56. The highest BCUT2D eigenvalue weighted by Gasteiger charge is 2.21. The Bertz CT molecular complexity index is 998. The number of nitrogens with two attached hydrogens (primary N) is 1. The largest absolute Gasteiger partial charge is 0.497 e. The second kappa shape index (κ2) is 7.90. The molecular formula is C21H23N3O3S. The minimum Gasteiger partial charge on any atom is -0.497 e. The van der Waals surface area contributed by atoms with E-state index in [1.807, 2.05) is 45.0 Å². The molecule has 3 rings (SSSR count). The summed E-state index contributed by atoms with van der Waals surface area (Å²) in [4.78, 5) is 17.9. The van der Waals surface area contributed by atoms with Crippen LogP contribution < -0.4 is 20.5 Å². The molecule has 1 aromatic heterocycles. The number of carbonyl (C=O) groups excluding carboxylic acids is 1. The van der Waals surface area contributed by atoms with Crippen molar-refractivity contribution in [3.63, 3.8) is 0 Å². The highest BCUT2D eigenvalue weighted by Crippen LogP contribution is 2.33. The molecule has 3 N–H and O–H groups in total. The summed E-state index contributed by atoms with van der Waals surface area (Å²) in [5, 5.41) is 3.70. The average molecular weight is 398 g/mol. The van der Waals surface area contributed by atoms with Crippen LogP contribution in [-0.2, 0) is 0 Å². The maximum Gasteiger partial charge on any atom is 0.207 e. The highest BCUT2D eigenvalue weighted by atomic mass is 32.1. The van der Waals surface area contributed by atoms with Crippen molar-refractivity contribution in [2.24, 2.45) is 0 Å². The standard InChI is InChI=1S/C21H23N3O3S/c1-11-6-12(2)17(13(3)7-11)18(25)19-20(22)24-21(28-19)23-14-8-15(26-4)10-16(9-14)27-5/h6-10H,22H2,1-5H3,(H,23,24). The fourth-order valence-electron chi connectivity index (χ4n) is 3.20. The van der Waals surface area contributed by atoms with Gasteiger partial charge in [0.2, 0.25) is 5.78 Å². The van der Waals surface area contributed by atoms with E-state index >= 15 is 0 Å². The van der Waals surface area contributed by atoms with Gasteiger partial charge in [0.1, 0.15) is 22.2 Å². The van der Waals surface area contributed by atoms with E-state index in [9.17, 15) is 4.79 Å². The predicted molar refractivity (Wildman–Crippen MR) is 113 cm³/mol. The molecule has 3 aromatic rings. The number of ether oxygens (including phenoxy) is 2. The third-order valence-corrected chi connectivity index (χ3v) is 5.35. The number of nitrogens with zero attached hydrogens (tertiary/aromatic N) is 1. The van der Waals surface area contributed by atoms with Gasteiger partial charge in [-0.05, 0) is 31.9 Å². The number of rotatable bonds is 6. The molecule has 0 fully saturated rings. The molecule has 0 saturated heterocycles. The van der Waals surface area contributed by atoms with Crippen LogP contribution in [0.15, 0.2) is 30.3 Å². The molecule has 0 aliphatic heterocycles. The molecule has 0 atom stereocenters. The first-order valence-electron chi connectivity index (χ1n) is 8.71. The average Bonchev–Trinajstić information content (AvgIpc) is 3.00. The zero-order valence-corrected chi connectivity index (χ0v) is 17.4. The topological polar surface area (TPSA) is 86.5 Å². The lowest BCUT2D eigenvalue weighted by Gasteiger charge is -2.09. The molecule has 2 aromatic carbocycles. The molecule has 0 aliphatic carbocycles. The Labute approximate surface area is 168 Å². The second-order valence-corrected chi connectivity index (χ2v) is 7.56. The number of nitrogens with one attached hydrogen (secondary N) is 1. The molecule has 28 heavy (non-hydrogen) atoms. The Morgan fingerprint density at radius 2 is 1.57 bits per heavy atom. The number of carbonyl (C=O) groups is 1. The van der Waals surface area contributed by atoms with Crippen molar-refractivity contribution in [2.75, 3.05) is 25.3 Å². The predicted octanol–water partition coefficient (Wildman–Crippen LogP) is 4.64. The van der Waals surface area contributed by atoms with Gasteiger partial charge in [-0.3, -0.25) is 4.79 Å². The van der Waals surface area contributed by atoms with Crippen molar-refractivity contribution in [1.29, 1.82) is 0 Å². The molecule has 1 heterocycles. The van der Waals surface area contributed by atoms with Gasteiger partial charge >= 0.3 is 0 Å². The van der Waals surface area contributed by atoms with Gasteiger partial charge in [-0.15, -0.1) is 0 Å². The normalized spacial score (nSPS) is 10.6. The van der Waals surface area contributed by atoms with E-state index < -0.39 is 0 Å². The Balaban J connectivity index is 1.93. The van der Waals surface area contributed by atoms with Crippen molar-refractivity contribution in [2.45, 2.75) is 20.8 Å². The van der Waals surface area contributed by atoms with Crippen molar-refractivity contribution < 1.29 is 14.3 Å². The number of nitrogen functional groups attached to an aromatic ring is 1. The molecule has 146 valence electrons. The van der Waals surface area contributed by atoms with Crippen LogP contribution in [0.1, 0.15) is 31.9 Å². The van der Waals surface area contributed by atoms with Gasteiger partial charge in [-0.2, -0.15) is 0 Å². The number of thiazole rings is 1. The minimum atomic E-state index is -0.110. The molecule has 0 aliphatic rings. The minimum absolute atomic E-state index is 0.110. The molecule has 0 saturated carbocycles. The lowest BCUT2D eigenvalue weighted by Crippen LogP contribution is -2.07. The van der Waals surface area contributed by atoms with Gasteiger partial charge in [0.05, 0.1) is 14.2 Å². The summed E-state index contributed by atoms with van der Waals surface area (Å²) >= 11 is 1.23. The summed E-state index contributed by atoms with van der Waals surface area (Å²) in [6.07, 6.45) is 0. The number of anilines is 3. The molecule has 0 spiro atoms. The first kappa shape index (κ1) is 19.7. The maximum atomic E-state index is 13.1. The van der Waals surface area contributed by atoms with Gasteiger partial charge in [0.15, 0.2) is 5.13 Å². The van der Waals surface area contributed by atoms with Crippen LogP contribution in [0.25, 0.3) is 0 Å². The summed E-state index contributed by atoms with van der Waals surface area (Å²) in [7, 11) is 3.17. The summed E-state index contributed by atoms with van der Waals surface area (Å²) in [6.45, 7) is 5.89. The first-order valence-corrected chi connectivity index (χ1v) is 9.53. The zero-order valence-electron chi connectivity index (χ0n) is 16.5. The third kappa shape index (κ3) is 3.94. The Morgan fingerprint density at radius 1 is 1.00 bits per heavy atom. The van der Waals surface area contributed by atoms with Crippen LogP contribution in [-0.4, -0.2) is 25.0 Å². The smallest absolute Gasteiger partial charge is 0.207 e. The van der Waals surface area contributed by atoms with Crippen LogP contribution in [0.3, 0.4) is 0 Å². The fraction of sp³-hybridized carbons (Fsp3) is 0.238. The monoisotopic (exact) mass is 397 g/mol. The number of aryl methyl sites for hydroxylation is 3. The molecule has 6 nitrogen and oxygen atoms in total. The van der Waals surface area contributed by atoms with Crippen LogP contribution >= 0.6 is 11.3 Å². The summed E-state index contributed by atoms with van der Waals surface area (Å²) in [5.74, 6) is 1.40. The molecule has 0 bridgehead atoms. The molecular weight excluding hydrogens is 374 g/mol. The molecule has 0 unspecified atom stereocenters. The molecule has 0 amide bonds. The molecule has 7 heteroatoms. The van der Waals surface area contributed by atoms with Crippen molar-refractivity contribution in [3.05, 3.63) is 57.5 Å². The number of hydrogen-bond acceptors (Lipinski definition) is 7. The van der Waals surface area contributed by atoms with Crippen LogP contribution in [0.5, 0.6) is 11.5 Å². The van der Waals surface area contributed by atoms with Crippen molar-refractivity contribution in [1.82, 2.24) is 4.98 Å². The van der Waals surface area contributed by atoms with E-state index in [0.717, 1.165) is 22.4 Å². The Hall–Kier alpha value is -3.06. The number of aromatic nitrogens is 1. The lowest BCUT2D eigenvalue weighted by molar-refractivity contribution is 0.104. The number of methoxy groups -OCH3 is 2. The van der Waals surface area contributed by atoms with E-state index in [0.29, 0.717) is 27.1 Å². The number of ketones is 1. The van der Waals surface area contributed by atoms with Gasteiger partial charge in [0.25, 0.3) is 0 Å². The van der Waals surface area contributed by atoms with Crippen molar-refractivity contribution in [3.8, 4) is 11.5 Å². The van der Waals surface area contributed by atoms with Crippen molar-refractivity contribution >= 4 is 33.8 Å². The fourth-order valence-corrected chi connectivity index (χ4v) is 4.05. The zero-order chi connectivity index (χ0) is 20.4. The quantitative estimate of drug-likeness (QED) is 0.589. The van der Waals surface area contributed by atoms with E-state index in [1.54, 1.807) is 20.3 Å². The number of hydrogen-bond donors (Lipinski definition) is 2. The summed E-state index contributed by atoms with van der Waals surface area (Å²) in [6, 6.07) is 9.41. The van der Waals surface area contributed by atoms with Gasteiger partial charge in [0, 0.05) is 29.4 Å². The first-order chi connectivity index (χ1) is 13.3. The second-order valence-electron chi connectivity index (χ2n) is 6.56. The number of benzene rings is 2. The van der Waals surface area contributed by atoms with E-state index in [4.69, 9.17) is 15.2 Å². The maximum absolute atomic E-state index is 13.1. The summed E-state index contributed by atoms with van der Waals surface area (Å²) < 4.78 is 10.6. The third-order valence-electron chi connectivity index (χ3n) is 4.37. The van der Waals surface area contributed by atoms with E-state index in [1.165, 1.54) is 11.3 Å². The Morgan fingerprint density at radius 3 is 2.11 bits per heavy atom.